The Labute approximate surface area is 126 Å². The molecule has 22 heavy (non-hydrogen) atoms. The van der Waals surface area contributed by atoms with Crippen LogP contribution in [0.25, 0.3) is 11.3 Å². The Hall–Kier alpha value is -2.74. The molecule has 0 aliphatic carbocycles. The molecule has 1 atom stereocenters. The van der Waals surface area contributed by atoms with Crippen LogP contribution < -0.4 is 5.32 Å². The van der Waals surface area contributed by atoms with Crippen LogP contribution in [0.15, 0.2) is 29.0 Å². The molecule has 2 aromatic heterocycles. The van der Waals surface area contributed by atoms with Gasteiger partial charge in [0, 0.05) is 25.1 Å². The van der Waals surface area contributed by atoms with Crippen molar-refractivity contribution < 1.29 is 24.0 Å². The number of amides is 1. The summed E-state index contributed by atoms with van der Waals surface area (Å²) in [7, 11) is 1.39. The SMILES string of the molecule is COCC(=O)NC(C)c1onc(-c2cccnc2)c1C(=O)O. The number of methoxy groups -OCH3 is 1. The third-order valence-electron chi connectivity index (χ3n) is 2.91. The molecule has 2 heterocycles. The van der Waals surface area contributed by atoms with Crippen LogP contribution in [0.4, 0.5) is 0 Å². The van der Waals surface area contributed by atoms with Crippen LogP contribution in [0.2, 0.25) is 0 Å². The second kappa shape index (κ2) is 6.81. The van der Waals surface area contributed by atoms with Gasteiger partial charge in [-0.15, -0.1) is 0 Å². The van der Waals surface area contributed by atoms with Gasteiger partial charge in [0.1, 0.15) is 17.9 Å². The predicted molar refractivity (Wildman–Crippen MR) is 75.1 cm³/mol. The predicted octanol–water partition coefficient (Wildman–Crippen LogP) is 1.26. The van der Waals surface area contributed by atoms with Gasteiger partial charge in [-0.3, -0.25) is 9.78 Å². The third kappa shape index (κ3) is 3.29. The van der Waals surface area contributed by atoms with E-state index in [1.807, 2.05) is 0 Å². The molecule has 8 nitrogen and oxygen atoms in total. The lowest BCUT2D eigenvalue weighted by Gasteiger charge is -2.11. The summed E-state index contributed by atoms with van der Waals surface area (Å²) in [6.45, 7) is 1.48. The Morgan fingerprint density at radius 3 is 2.86 bits per heavy atom. The number of hydrogen-bond donors (Lipinski definition) is 2. The Balaban J connectivity index is 2.35. The van der Waals surface area contributed by atoms with E-state index >= 15 is 0 Å². The zero-order valence-electron chi connectivity index (χ0n) is 12.1. The minimum atomic E-state index is -1.19. The lowest BCUT2D eigenvalue weighted by Crippen LogP contribution is -2.30. The van der Waals surface area contributed by atoms with Gasteiger partial charge in [0.15, 0.2) is 5.76 Å². The van der Waals surface area contributed by atoms with Gasteiger partial charge in [-0.25, -0.2) is 4.79 Å². The molecule has 0 radical (unpaired) electrons. The quantitative estimate of drug-likeness (QED) is 0.825. The van der Waals surface area contributed by atoms with E-state index in [1.54, 1.807) is 25.3 Å². The van der Waals surface area contributed by atoms with Gasteiger partial charge in [-0.1, -0.05) is 5.16 Å². The van der Waals surface area contributed by atoms with Crippen LogP contribution in [0.3, 0.4) is 0 Å². The molecular formula is C14H15N3O5. The number of carboxylic acid groups (broad SMARTS) is 1. The van der Waals surface area contributed by atoms with Crippen molar-refractivity contribution in [1.29, 1.82) is 0 Å². The highest BCUT2D eigenvalue weighted by atomic mass is 16.5. The maximum absolute atomic E-state index is 11.5. The fourth-order valence-electron chi connectivity index (χ4n) is 1.98. The fourth-order valence-corrected chi connectivity index (χ4v) is 1.98. The average Bonchev–Trinajstić information content (AvgIpc) is 2.93. The highest BCUT2D eigenvalue weighted by molar-refractivity contribution is 5.96. The number of rotatable bonds is 6. The van der Waals surface area contributed by atoms with E-state index < -0.39 is 12.0 Å². The molecule has 0 fully saturated rings. The van der Waals surface area contributed by atoms with Crippen molar-refractivity contribution in [2.45, 2.75) is 13.0 Å². The summed E-state index contributed by atoms with van der Waals surface area (Å²) in [5.74, 6) is -1.51. The minimum absolute atomic E-state index is 0.0656. The number of hydrogen-bond acceptors (Lipinski definition) is 6. The van der Waals surface area contributed by atoms with Crippen LogP contribution in [0, 0.1) is 0 Å². The average molecular weight is 305 g/mol. The Kier molecular flexibility index (Phi) is 4.84. The van der Waals surface area contributed by atoms with Crippen molar-refractivity contribution in [3.8, 4) is 11.3 Å². The van der Waals surface area contributed by atoms with E-state index in [1.165, 1.54) is 13.3 Å². The number of aromatic carboxylic acids is 1. The molecule has 2 aromatic rings. The molecule has 0 saturated heterocycles. The van der Waals surface area contributed by atoms with Gasteiger partial charge in [0.05, 0.1) is 6.04 Å². The summed E-state index contributed by atoms with van der Waals surface area (Å²) in [6, 6.07) is 2.68. The zero-order valence-corrected chi connectivity index (χ0v) is 12.1. The normalized spacial score (nSPS) is 11.9. The summed E-state index contributed by atoms with van der Waals surface area (Å²) in [5, 5.41) is 15.8. The number of carbonyl (C=O) groups excluding carboxylic acids is 1. The van der Waals surface area contributed by atoms with Crippen molar-refractivity contribution in [3.05, 3.63) is 35.9 Å². The van der Waals surface area contributed by atoms with E-state index in [9.17, 15) is 14.7 Å². The van der Waals surface area contributed by atoms with Crippen LogP contribution in [0.1, 0.15) is 29.1 Å². The zero-order chi connectivity index (χ0) is 16.1. The van der Waals surface area contributed by atoms with Gasteiger partial charge in [0.25, 0.3) is 0 Å². The number of pyridine rings is 1. The van der Waals surface area contributed by atoms with E-state index in [2.05, 4.69) is 15.5 Å². The summed E-state index contributed by atoms with van der Waals surface area (Å²) in [4.78, 5) is 27.0. The summed E-state index contributed by atoms with van der Waals surface area (Å²) in [5.41, 5.74) is 0.590. The molecule has 2 rings (SSSR count). The lowest BCUT2D eigenvalue weighted by molar-refractivity contribution is -0.125. The highest BCUT2D eigenvalue weighted by Crippen LogP contribution is 2.28. The highest BCUT2D eigenvalue weighted by Gasteiger charge is 2.27. The summed E-state index contributed by atoms with van der Waals surface area (Å²) >= 11 is 0. The molecule has 1 unspecified atom stereocenters. The first-order valence-electron chi connectivity index (χ1n) is 6.46. The van der Waals surface area contributed by atoms with E-state index in [0.29, 0.717) is 5.56 Å². The summed E-state index contributed by atoms with van der Waals surface area (Å²) in [6.07, 6.45) is 3.06. The first-order chi connectivity index (χ1) is 10.5. The number of ether oxygens (including phenoxy) is 1. The van der Waals surface area contributed by atoms with Crippen molar-refractivity contribution >= 4 is 11.9 Å². The molecule has 0 aromatic carbocycles. The fraction of sp³-hybridized carbons (Fsp3) is 0.286. The molecule has 2 N–H and O–H groups in total. The maximum atomic E-state index is 11.5. The monoisotopic (exact) mass is 305 g/mol. The topological polar surface area (TPSA) is 115 Å². The number of nitrogens with one attached hydrogen (secondary N) is 1. The second-order valence-corrected chi connectivity index (χ2v) is 4.54. The maximum Gasteiger partial charge on any atom is 0.341 e. The Morgan fingerprint density at radius 1 is 1.50 bits per heavy atom. The van der Waals surface area contributed by atoms with Crippen LogP contribution in [-0.4, -0.2) is 40.8 Å². The van der Waals surface area contributed by atoms with Crippen LogP contribution in [-0.2, 0) is 9.53 Å². The van der Waals surface area contributed by atoms with Crippen molar-refractivity contribution in [2.75, 3.05) is 13.7 Å². The summed E-state index contributed by atoms with van der Waals surface area (Å²) < 4.78 is 9.85. The van der Waals surface area contributed by atoms with Crippen LogP contribution >= 0.6 is 0 Å². The number of nitrogens with zero attached hydrogens (tertiary/aromatic N) is 2. The number of carboxylic acids is 1. The van der Waals surface area contributed by atoms with Gasteiger partial charge in [0.2, 0.25) is 5.91 Å². The third-order valence-corrected chi connectivity index (χ3v) is 2.91. The van der Waals surface area contributed by atoms with Crippen molar-refractivity contribution in [3.63, 3.8) is 0 Å². The van der Waals surface area contributed by atoms with E-state index in [4.69, 9.17) is 9.26 Å². The molecule has 0 aliphatic rings. The molecule has 0 aliphatic heterocycles. The molecule has 8 heteroatoms. The van der Waals surface area contributed by atoms with Crippen molar-refractivity contribution in [1.82, 2.24) is 15.5 Å². The molecular weight excluding hydrogens is 290 g/mol. The van der Waals surface area contributed by atoms with E-state index in [0.717, 1.165) is 0 Å². The van der Waals surface area contributed by atoms with Gasteiger partial charge < -0.3 is 19.7 Å². The Bertz CT molecular complexity index is 668. The van der Waals surface area contributed by atoms with Crippen molar-refractivity contribution in [2.24, 2.45) is 0 Å². The molecule has 0 saturated carbocycles. The van der Waals surface area contributed by atoms with E-state index in [-0.39, 0.29) is 29.5 Å². The number of aromatic nitrogens is 2. The molecule has 0 bridgehead atoms. The van der Waals surface area contributed by atoms with Gasteiger partial charge in [-0.2, -0.15) is 0 Å². The van der Waals surface area contributed by atoms with Gasteiger partial charge >= 0.3 is 5.97 Å². The lowest BCUT2D eigenvalue weighted by atomic mass is 10.0. The molecule has 1 amide bonds. The second-order valence-electron chi connectivity index (χ2n) is 4.54. The largest absolute Gasteiger partial charge is 0.477 e. The first kappa shape index (κ1) is 15.6. The smallest absolute Gasteiger partial charge is 0.341 e. The standard InChI is InChI=1S/C14H15N3O5/c1-8(16-10(18)7-21-2)13-11(14(19)20)12(17-22-13)9-4-3-5-15-6-9/h3-6,8H,7H2,1-2H3,(H,16,18)(H,19,20). The molecule has 116 valence electrons. The molecule has 0 spiro atoms. The number of carbonyl (C=O) groups is 2. The van der Waals surface area contributed by atoms with Crippen LogP contribution in [0.5, 0.6) is 0 Å². The van der Waals surface area contributed by atoms with Gasteiger partial charge in [-0.05, 0) is 19.1 Å². The Morgan fingerprint density at radius 2 is 2.27 bits per heavy atom. The first-order valence-corrected chi connectivity index (χ1v) is 6.46. The minimum Gasteiger partial charge on any atom is -0.477 e.